The molecule has 1 heterocycles. The van der Waals surface area contributed by atoms with Crippen LogP contribution in [0.15, 0.2) is 71.1 Å². The van der Waals surface area contributed by atoms with Gasteiger partial charge in [-0.2, -0.15) is 0 Å². The summed E-state index contributed by atoms with van der Waals surface area (Å²) in [5.74, 6) is 0.837. The minimum atomic E-state index is 0.414. The molecule has 0 spiro atoms. The van der Waals surface area contributed by atoms with Crippen LogP contribution < -0.4 is 14.5 Å². The Morgan fingerprint density at radius 2 is 1.42 bits per heavy atom. The van der Waals surface area contributed by atoms with E-state index in [0.717, 1.165) is 28.3 Å². The summed E-state index contributed by atoms with van der Waals surface area (Å²) in [5.41, 5.74) is 4.36. The first-order chi connectivity index (χ1) is 15.0. The SMILES string of the molecule is CCOCc1n(/N=C/c2ccc(N(C)C)cc2)cc[n+]1/N=C/c1ccc(N(C)C)cc1. The van der Waals surface area contributed by atoms with Crippen LogP contribution in [0.4, 0.5) is 11.4 Å². The Kier molecular flexibility index (Phi) is 7.56. The van der Waals surface area contributed by atoms with Crippen LogP contribution in [0.3, 0.4) is 0 Å². The molecule has 0 bridgehead atoms. The van der Waals surface area contributed by atoms with Gasteiger partial charge in [0.25, 0.3) is 0 Å². The fourth-order valence-corrected chi connectivity index (χ4v) is 2.91. The van der Waals surface area contributed by atoms with Gasteiger partial charge in [-0.1, -0.05) is 34.5 Å². The lowest BCUT2D eigenvalue weighted by Crippen LogP contribution is -2.32. The van der Waals surface area contributed by atoms with Crippen molar-refractivity contribution in [3.05, 3.63) is 77.9 Å². The van der Waals surface area contributed by atoms with Crippen molar-refractivity contribution in [3.8, 4) is 0 Å². The Bertz CT molecular complexity index is 938. The smallest absolute Gasteiger partial charge is 0.333 e. The van der Waals surface area contributed by atoms with Crippen LogP contribution >= 0.6 is 0 Å². The molecule has 3 aromatic rings. The third kappa shape index (κ3) is 6.02. The van der Waals surface area contributed by atoms with Crippen LogP contribution in [0.5, 0.6) is 0 Å². The van der Waals surface area contributed by atoms with Crippen molar-refractivity contribution in [1.82, 2.24) is 4.68 Å². The highest BCUT2D eigenvalue weighted by Gasteiger charge is 2.17. The predicted molar refractivity (Wildman–Crippen MR) is 127 cm³/mol. The van der Waals surface area contributed by atoms with E-state index in [4.69, 9.17) is 4.74 Å². The van der Waals surface area contributed by atoms with E-state index in [1.807, 2.05) is 84.2 Å². The standard InChI is InChI=1S/C24H31N6O/c1-6-31-19-24-29(25-17-20-7-11-22(12-8-20)27(2)3)15-16-30(24)26-18-21-9-13-23(14-10-21)28(4)5/h7-18H,6,19H2,1-5H3/q+1/b25-17+,26-18+. The molecule has 0 saturated heterocycles. The molecule has 7 nitrogen and oxygen atoms in total. The molecule has 0 radical (unpaired) electrons. The molecule has 0 aliphatic rings. The summed E-state index contributed by atoms with van der Waals surface area (Å²) in [6.07, 6.45) is 7.43. The molecule has 31 heavy (non-hydrogen) atoms. The number of benzene rings is 2. The number of nitrogens with zero attached hydrogens (tertiary/aromatic N) is 6. The number of ether oxygens (including phenoxy) is 1. The monoisotopic (exact) mass is 419 g/mol. The van der Waals surface area contributed by atoms with E-state index in [1.165, 1.54) is 0 Å². The molecule has 0 aliphatic carbocycles. The van der Waals surface area contributed by atoms with Gasteiger partial charge in [-0.25, -0.2) is 0 Å². The van der Waals surface area contributed by atoms with Crippen molar-refractivity contribution in [2.45, 2.75) is 13.5 Å². The van der Waals surface area contributed by atoms with E-state index in [1.54, 1.807) is 9.35 Å². The van der Waals surface area contributed by atoms with E-state index in [2.05, 4.69) is 44.3 Å². The van der Waals surface area contributed by atoms with Gasteiger partial charge in [0.05, 0.1) is 12.4 Å². The molecule has 1 aromatic heterocycles. The average molecular weight is 420 g/mol. The van der Waals surface area contributed by atoms with Crippen LogP contribution in [0.25, 0.3) is 0 Å². The Hall–Kier alpha value is -3.45. The second-order valence-corrected chi connectivity index (χ2v) is 7.50. The van der Waals surface area contributed by atoms with Gasteiger partial charge < -0.3 is 14.5 Å². The number of hydrogen-bond donors (Lipinski definition) is 0. The molecule has 7 heteroatoms. The second kappa shape index (κ2) is 10.5. The zero-order valence-electron chi connectivity index (χ0n) is 18.9. The zero-order valence-corrected chi connectivity index (χ0v) is 18.9. The summed E-state index contributed by atoms with van der Waals surface area (Å²) < 4.78 is 9.23. The number of rotatable bonds is 9. The predicted octanol–water partition coefficient (Wildman–Crippen LogP) is 3.21. The van der Waals surface area contributed by atoms with Gasteiger partial charge in [0, 0.05) is 46.2 Å². The number of imidazole rings is 1. The first-order valence-electron chi connectivity index (χ1n) is 10.3. The molecule has 162 valence electrons. The maximum atomic E-state index is 5.65. The van der Waals surface area contributed by atoms with Gasteiger partial charge in [0.15, 0.2) is 19.0 Å². The van der Waals surface area contributed by atoms with Crippen LogP contribution in [0.2, 0.25) is 0 Å². The highest BCUT2D eigenvalue weighted by molar-refractivity contribution is 5.80. The summed E-state index contributed by atoms with van der Waals surface area (Å²) in [6, 6.07) is 16.5. The summed E-state index contributed by atoms with van der Waals surface area (Å²) in [6.45, 7) is 3.01. The average Bonchev–Trinajstić information content (AvgIpc) is 3.16. The fourth-order valence-electron chi connectivity index (χ4n) is 2.91. The maximum absolute atomic E-state index is 5.65. The van der Waals surface area contributed by atoms with Crippen molar-refractivity contribution in [2.24, 2.45) is 10.2 Å². The Balaban J connectivity index is 1.80. The first kappa shape index (κ1) is 22.2. The third-order valence-corrected chi connectivity index (χ3v) is 4.79. The number of hydrogen-bond acceptors (Lipinski definition) is 5. The minimum Gasteiger partial charge on any atom is -0.378 e. The van der Waals surface area contributed by atoms with E-state index in [-0.39, 0.29) is 0 Å². The molecule has 0 amide bonds. The van der Waals surface area contributed by atoms with Crippen LogP contribution in [0, 0.1) is 0 Å². The molecule has 0 N–H and O–H groups in total. The Labute approximate surface area is 184 Å². The summed E-state index contributed by atoms with van der Waals surface area (Å²) in [5, 5.41) is 9.22. The first-order valence-corrected chi connectivity index (χ1v) is 10.3. The highest BCUT2D eigenvalue weighted by Crippen LogP contribution is 2.12. The normalized spacial score (nSPS) is 11.5. The van der Waals surface area contributed by atoms with Gasteiger partial charge in [0.1, 0.15) is 0 Å². The highest BCUT2D eigenvalue weighted by atomic mass is 16.5. The summed E-state index contributed by atoms with van der Waals surface area (Å²) in [4.78, 5) is 4.14. The van der Waals surface area contributed by atoms with Gasteiger partial charge >= 0.3 is 5.82 Å². The number of anilines is 2. The summed E-state index contributed by atoms with van der Waals surface area (Å²) in [7, 11) is 8.11. The lowest BCUT2D eigenvalue weighted by Gasteiger charge is -2.11. The van der Waals surface area contributed by atoms with Crippen molar-refractivity contribution < 1.29 is 9.41 Å². The lowest BCUT2D eigenvalue weighted by molar-refractivity contribution is -0.687. The second-order valence-electron chi connectivity index (χ2n) is 7.50. The zero-order chi connectivity index (χ0) is 22.2. The van der Waals surface area contributed by atoms with Crippen molar-refractivity contribution in [1.29, 1.82) is 0 Å². The molecule has 2 aromatic carbocycles. The molecule has 0 atom stereocenters. The molecule has 0 saturated carbocycles. The molecular weight excluding hydrogens is 388 g/mol. The third-order valence-electron chi connectivity index (χ3n) is 4.79. The summed E-state index contributed by atoms with van der Waals surface area (Å²) >= 11 is 0. The molecule has 0 fully saturated rings. The van der Waals surface area contributed by atoms with Crippen molar-refractivity contribution >= 4 is 23.8 Å². The van der Waals surface area contributed by atoms with Gasteiger partial charge in [0.2, 0.25) is 0 Å². The lowest BCUT2D eigenvalue weighted by atomic mass is 10.2. The molecule has 3 rings (SSSR count). The maximum Gasteiger partial charge on any atom is 0.333 e. The Morgan fingerprint density at radius 3 is 1.94 bits per heavy atom. The van der Waals surface area contributed by atoms with Gasteiger partial charge in [-0.05, 0) is 42.3 Å². The van der Waals surface area contributed by atoms with Crippen molar-refractivity contribution in [3.63, 3.8) is 0 Å². The quantitative estimate of drug-likeness (QED) is 0.395. The van der Waals surface area contributed by atoms with Gasteiger partial charge in [-0.3, -0.25) is 0 Å². The van der Waals surface area contributed by atoms with Crippen molar-refractivity contribution in [2.75, 3.05) is 44.6 Å². The van der Waals surface area contributed by atoms with E-state index in [9.17, 15) is 0 Å². The molecular formula is C24H31N6O+. The molecule has 0 unspecified atom stereocenters. The fraction of sp³-hybridized carbons (Fsp3) is 0.292. The largest absolute Gasteiger partial charge is 0.378 e. The van der Waals surface area contributed by atoms with Crippen LogP contribution in [-0.4, -0.2) is 51.9 Å². The minimum absolute atomic E-state index is 0.414. The topological polar surface area (TPSA) is 49.2 Å². The van der Waals surface area contributed by atoms with E-state index < -0.39 is 0 Å². The van der Waals surface area contributed by atoms with Gasteiger partial charge in [-0.15, -0.1) is 9.35 Å². The Morgan fingerprint density at radius 1 is 0.871 bits per heavy atom. The van der Waals surface area contributed by atoms with Crippen LogP contribution in [-0.2, 0) is 11.3 Å². The number of aromatic nitrogens is 2. The molecule has 0 aliphatic heterocycles. The van der Waals surface area contributed by atoms with E-state index >= 15 is 0 Å². The van der Waals surface area contributed by atoms with Crippen LogP contribution in [0.1, 0.15) is 23.9 Å². The van der Waals surface area contributed by atoms with E-state index in [0.29, 0.717) is 13.2 Å².